The summed E-state index contributed by atoms with van der Waals surface area (Å²) >= 11 is 0. The number of hydrogen-bond acceptors (Lipinski definition) is 7. The fraction of sp³-hybridized carbons (Fsp3) is 0.562. The number of carboxylic acid groups (broad SMARTS) is 1. The van der Waals surface area contributed by atoms with Gasteiger partial charge in [-0.15, -0.1) is 0 Å². The molecule has 0 aromatic carbocycles. The summed E-state index contributed by atoms with van der Waals surface area (Å²) in [5, 5.41) is 18.7. The molecular weight excluding hydrogens is 374 g/mol. The lowest BCUT2D eigenvalue weighted by Crippen LogP contribution is -2.34. The van der Waals surface area contributed by atoms with Crippen LogP contribution in [0.5, 0.6) is 0 Å². The number of rotatable bonds is 7. The monoisotopic (exact) mass is 399 g/mol. The first kappa shape index (κ1) is 21.1. The summed E-state index contributed by atoms with van der Waals surface area (Å²) in [6.07, 6.45) is 7.64. The molecule has 1 aliphatic carbocycles. The van der Waals surface area contributed by atoms with Crippen molar-refractivity contribution in [2.24, 2.45) is 0 Å². The Hall–Kier alpha value is -2.24. The van der Waals surface area contributed by atoms with Gasteiger partial charge in [0.2, 0.25) is 10.0 Å². The first-order chi connectivity index (χ1) is 12.9. The van der Waals surface area contributed by atoms with Crippen LogP contribution in [0.25, 0.3) is 0 Å². The summed E-state index contributed by atoms with van der Waals surface area (Å²) < 4.78 is 32.2. The van der Waals surface area contributed by atoms with Gasteiger partial charge in [0.25, 0.3) is 6.47 Å². The molecule has 0 spiro atoms. The van der Waals surface area contributed by atoms with Crippen molar-refractivity contribution in [3.05, 3.63) is 35.0 Å². The molecule has 11 heteroatoms. The Bertz CT molecular complexity index is 845. The highest BCUT2D eigenvalue weighted by atomic mass is 32.2. The van der Waals surface area contributed by atoms with Crippen molar-refractivity contribution in [2.45, 2.75) is 51.9 Å². The quantitative estimate of drug-likeness (QED) is 0.565. The van der Waals surface area contributed by atoms with Gasteiger partial charge < -0.3 is 14.9 Å². The zero-order chi connectivity index (χ0) is 19.9. The SMILES string of the molecule is CCn1cc(CNC2CCc3onc(CNS(C)(=O)=O)c3C2)cn1.O=CO. The van der Waals surface area contributed by atoms with Gasteiger partial charge in [-0.2, -0.15) is 5.10 Å². The summed E-state index contributed by atoms with van der Waals surface area (Å²) in [5.41, 5.74) is 2.87. The summed E-state index contributed by atoms with van der Waals surface area (Å²) in [6, 6.07) is 0.318. The number of carbonyl (C=O) groups is 1. The summed E-state index contributed by atoms with van der Waals surface area (Å²) in [5.74, 6) is 0.872. The molecule has 2 heterocycles. The van der Waals surface area contributed by atoms with E-state index in [9.17, 15) is 8.42 Å². The van der Waals surface area contributed by atoms with E-state index in [0.717, 1.165) is 55.5 Å². The van der Waals surface area contributed by atoms with Crippen LogP contribution in [-0.4, -0.2) is 47.2 Å². The number of aryl methyl sites for hydroxylation is 2. The van der Waals surface area contributed by atoms with Gasteiger partial charge in [-0.1, -0.05) is 5.16 Å². The van der Waals surface area contributed by atoms with Gasteiger partial charge in [-0.25, -0.2) is 13.1 Å². The summed E-state index contributed by atoms with van der Waals surface area (Å²) in [7, 11) is -3.24. The molecule has 0 saturated carbocycles. The number of fused-ring (bicyclic) bond motifs is 1. The second-order valence-electron chi connectivity index (χ2n) is 6.25. The number of hydrogen-bond donors (Lipinski definition) is 3. The first-order valence-electron chi connectivity index (χ1n) is 8.59. The Morgan fingerprint density at radius 2 is 2.19 bits per heavy atom. The van der Waals surface area contributed by atoms with Gasteiger partial charge in [0.1, 0.15) is 11.5 Å². The maximum absolute atomic E-state index is 11.3. The molecule has 27 heavy (non-hydrogen) atoms. The molecule has 2 aromatic rings. The van der Waals surface area contributed by atoms with E-state index in [1.165, 1.54) is 0 Å². The minimum Gasteiger partial charge on any atom is -0.483 e. The molecular formula is C16H25N5O5S. The van der Waals surface area contributed by atoms with Crippen molar-refractivity contribution >= 4 is 16.5 Å². The zero-order valence-corrected chi connectivity index (χ0v) is 16.2. The van der Waals surface area contributed by atoms with Gasteiger partial charge in [0.05, 0.1) is 19.0 Å². The number of nitrogens with zero attached hydrogens (tertiary/aromatic N) is 3. The molecule has 1 unspecified atom stereocenters. The maximum atomic E-state index is 11.3. The second kappa shape index (κ2) is 9.62. The van der Waals surface area contributed by atoms with E-state index in [1.807, 2.05) is 17.1 Å². The summed E-state index contributed by atoms with van der Waals surface area (Å²) in [4.78, 5) is 8.36. The van der Waals surface area contributed by atoms with E-state index in [-0.39, 0.29) is 13.0 Å². The van der Waals surface area contributed by atoms with E-state index in [2.05, 4.69) is 27.2 Å². The van der Waals surface area contributed by atoms with Crippen molar-refractivity contribution in [1.29, 1.82) is 0 Å². The van der Waals surface area contributed by atoms with Gasteiger partial charge in [0, 0.05) is 42.9 Å². The number of nitrogens with one attached hydrogen (secondary N) is 2. The zero-order valence-electron chi connectivity index (χ0n) is 15.4. The Morgan fingerprint density at radius 1 is 1.44 bits per heavy atom. The van der Waals surface area contributed by atoms with Crippen LogP contribution in [0.2, 0.25) is 0 Å². The Balaban J connectivity index is 0.000000817. The highest BCUT2D eigenvalue weighted by molar-refractivity contribution is 7.88. The highest BCUT2D eigenvalue weighted by Gasteiger charge is 2.25. The minimum atomic E-state index is -3.24. The third kappa shape index (κ3) is 6.45. The molecule has 10 nitrogen and oxygen atoms in total. The van der Waals surface area contributed by atoms with Crippen molar-refractivity contribution < 1.29 is 22.8 Å². The van der Waals surface area contributed by atoms with Crippen molar-refractivity contribution in [3.63, 3.8) is 0 Å². The fourth-order valence-electron chi connectivity index (χ4n) is 2.91. The maximum Gasteiger partial charge on any atom is 0.290 e. The van der Waals surface area contributed by atoms with Crippen LogP contribution in [0, 0.1) is 0 Å². The molecule has 0 saturated heterocycles. The molecule has 2 aromatic heterocycles. The Morgan fingerprint density at radius 3 is 2.81 bits per heavy atom. The second-order valence-corrected chi connectivity index (χ2v) is 8.09. The molecule has 1 aliphatic rings. The highest BCUT2D eigenvalue weighted by Crippen LogP contribution is 2.25. The molecule has 0 radical (unpaired) electrons. The van der Waals surface area contributed by atoms with Crippen LogP contribution in [0.1, 0.15) is 35.9 Å². The normalized spacial score (nSPS) is 16.3. The predicted molar refractivity (Wildman–Crippen MR) is 97.4 cm³/mol. The van der Waals surface area contributed by atoms with Crippen molar-refractivity contribution in [2.75, 3.05) is 6.26 Å². The molecule has 0 amide bonds. The lowest BCUT2D eigenvalue weighted by molar-refractivity contribution is -0.122. The van der Waals surface area contributed by atoms with E-state index < -0.39 is 10.0 Å². The molecule has 0 bridgehead atoms. The molecule has 150 valence electrons. The van der Waals surface area contributed by atoms with Gasteiger partial charge in [-0.05, 0) is 19.8 Å². The van der Waals surface area contributed by atoms with Gasteiger partial charge >= 0.3 is 0 Å². The van der Waals surface area contributed by atoms with Crippen LogP contribution >= 0.6 is 0 Å². The standard InChI is InChI=1S/C15H23N5O3S.CH2O2/c1-3-20-10-11(8-17-20)7-16-12-4-5-15-13(6-12)14(19-23-15)9-18-24(2,21)22;2-1-3/h8,10,12,16,18H,3-7,9H2,1-2H3;1H,(H,2,3). The average Bonchev–Trinajstić information content (AvgIpc) is 3.24. The van der Waals surface area contributed by atoms with Crippen molar-refractivity contribution in [1.82, 2.24) is 25.0 Å². The first-order valence-corrected chi connectivity index (χ1v) is 10.5. The summed E-state index contributed by atoms with van der Waals surface area (Å²) in [6.45, 7) is 3.62. The van der Waals surface area contributed by atoms with Crippen LogP contribution < -0.4 is 10.0 Å². The van der Waals surface area contributed by atoms with E-state index in [4.69, 9.17) is 14.4 Å². The average molecular weight is 399 g/mol. The third-order valence-corrected chi connectivity index (χ3v) is 4.90. The Labute approximate surface area is 158 Å². The lowest BCUT2D eigenvalue weighted by Gasteiger charge is -2.22. The molecule has 0 aliphatic heterocycles. The largest absolute Gasteiger partial charge is 0.483 e. The minimum absolute atomic E-state index is 0.174. The van der Waals surface area contributed by atoms with Crippen LogP contribution in [0.3, 0.4) is 0 Å². The smallest absolute Gasteiger partial charge is 0.290 e. The fourth-order valence-corrected chi connectivity index (χ4v) is 3.31. The van der Waals surface area contributed by atoms with E-state index in [1.54, 1.807) is 0 Å². The topological polar surface area (TPSA) is 139 Å². The van der Waals surface area contributed by atoms with Crippen LogP contribution in [0.4, 0.5) is 0 Å². The molecule has 3 rings (SSSR count). The van der Waals surface area contributed by atoms with Crippen molar-refractivity contribution in [3.8, 4) is 0 Å². The molecule has 0 fully saturated rings. The number of sulfonamides is 1. The molecule has 1 atom stereocenters. The van der Waals surface area contributed by atoms with Crippen LogP contribution in [0.15, 0.2) is 16.9 Å². The predicted octanol–water partition coefficient (Wildman–Crippen LogP) is 0.288. The van der Waals surface area contributed by atoms with E-state index >= 15 is 0 Å². The third-order valence-electron chi connectivity index (χ3n) is 4.23. The van der Waals surface area contributed by atoms with Gasteiger partial charge in [-0.3, -0.25) is 9.48 Å². The lowest BCUT2D eigenvalue weighted by atomic mass is 9.92. The van der Waals surface area contributed by atoms with E-state index in [0.29, 0.717) is 11.7 Å². The Kier molecular flexibility index (Phi) is 7.51. The van der Waals surface area contributed by atoms with Gasteiger partial charge in [0.15, 0.2) is 0 Å². The van der Waals surface area contributed by atoms with Crippen LogP contribution in [-0.2, 0) is 47.3 Å². The number of aromatic nitrogens is 3. The molecule has 3 N–H and O–H groups in total.